The summed E-state index contributed by atoms with van der Waals surface area (Å²) in [6, 6.07) is 12.7. The predicted molar refractivity (Wildman–Crippen MR) is 114 cm³/mol. The number of phenols is 1. The lowest BCUT2D eigenvalue weighted by molar-refractivity contribution is -0.120. The number of para-hydroxylation sites is 1. The average molecular weight is 432 g/mol. The largest absolute Gasteiger partial charge is 0.507 e. The van der Waals surface area contributed by atoms with Crippen LogP contribution < -0.4 is 5.32 Å². The summed E-state index contributed by atoms with van der Waals surface area (Å²) in [6.07, 6.45) is 2.44. The van der Waals surface area contributed by atoms with Crippen LogP contribution >= 0.6 is 11.3 Å². The Kier molecular flexibility index (Phi) is 5.28. The van der Waals surface area contributed by atoms with Crippen molar-refractivity contribution in [1.82, 2.24) is 9.29 Å². The first-order valence-corrected chi connectivity index (χ1v) is 11.9. The lowest BCUT2D eigenvalue weighted by Crippen LogP contribution is -2.43. The van der Waals surface area contributed by atoms with Crippen molar-refractivity contribution in [2.45, 2.75) is 12.8 Å². The van der Waals surface area contributed by atoms with Crippen molar-refractivity contribution in [2.75, 3.05) is 24.7 Å². The summed E-state index contributed by atoms with van der Waals surface area (Å²) in [5.74, 6) is -0.627. The molecule has 152 valence electrons. The van der Waals surface area contributed by atoms with E-state index in [4.69, 9.17) is 0 Å². The van der Waals surface area contributed by atoms with Gasteiger partial charge in [0.25, 0.3) is 0 Å². The second-order valence-corrected chi connectivity index (χ2v) is 10.2. The number of piperidine rings is 1. The maximum Gasteiger partial charge on any atom is 0.228 e. The van der Waals surface area contributed by atoms with Crippen molar-refractivity contribution in [1.29, 1.82) is 0 Å². The van der Waals surface area contributed by atoms with E-state index >= 15 is 0 Å². The van der Waals surface area contributed by atoms with Crippen LogP contribution in [0.25, 0.3) is 20.8 Å². The van der Waals surface area contributed by atoms with E-state index in [1.807, 2.05) is 24.3 Å². The predicted octanol–water partition coefficient (Wildman–Crippen LogP) is 3.28. The van der Waals surface area contributed by atoms with Gasteiger partial charge in [0.15, 0.2) is 0 Å². The number of benzene rings is 2. The van der Waals surface area contributed by atoms with Crippen LogP contribution in [0.15, 0.2) is 42.5 Å². The van der Waals surface area contributed by atoms with Gasteiger partial charge in [0.1, 0.15) is 10.8 Å². The van der Waals surface area contributed by atoms with Gasteiger partial charge < -0.3 is 10.4 Å². The first kappa shape index (κ1) is 19.8. The Morgan fingerprint density at radius 3 is 2.79 bits per heavy atom. The van der Waals surface area contributed by atoms with Crippen molar-refractivity contribution < 1.29 is 18.3 Å². The molecule has 1 atom stereocenters. The molecule has 9 heteroatoms. The number of sulfonamides is 1. The molecule has 1 amide bonds. The van der Waals surface area contributed by atoms with Crippen LogP contribution in [0.2, 0.25) is 0 Å². The van der Waals surface area contributed by atoms with E-state index in [2.05, 4.69) is 10.3 Å². The number of hydrogen-bond acceptors (Lipinski definition) is 6. The van der Waals surface area contributed by atoms with Gasteiger partial charge in [-0.2, -0.15) is 0 Å². The molecule has 1 saturated heterocycles. The Balaban J connectivity index is 1.50. The van der Waals surface area contributed by atoms with Gasteiger partial charge in [0.05, 0.1) is 28.0 Å². The molecule has 0 aliphatic carbocycles. The number of nitrogens with zero attached hydrogens (tertiary/aromatic N) is 2. The molecule has 2 N–H and O–H groups in total. The third kappa shape index (κ3) is 4.26. The zero-order chi connectivity index (χ0) is 20.6. The molecule has 1 aliphatic rings. The lowest BCUT2D eigenvalue weighted by Gasteiger charge is -2.30. The SMILES string of the molecule is CS(=O)(=O)N1CCCC(C(=O)Nc2ccc(-c3nc4ccccc4s3)c(O)c2)C1. The van der Waals surface area contributed by atoms with Crippen molar-refractivity contribution in [3.8, 4) is 16.3 Å². The zero-order valence-electron chi connectivity index (χ0n) is 15.8. The number of aromatic nitrogens is 1. The third-order valence-electron chi connectivity index (χ3n) is 5.01. The van der Waals surface area contributed by atoms with Gasteiger partial charge in [-0.25, -0.2) is 17.7 Å². The van der Waals surface area contributed by atoms with Crippen LogP contribution in [0, 0.1) is 5.92 Å². The highest BCUT2D eigenvalue weighted by Crippen LogP contribution is 2.36. The summed E-state index contributed by atoms with van der Waals surface area (Å²) in [5.41, 5.74) is 1.94. The first-order chi connectivity index (χ1) is 13.8. The first-order valence-electron chi connectivity index (χ1n) is 9.26. The molecule has 2 aromatic carbocycles. The second kappa shape index (κ2) is 7.74. The molecule has 2 heterocycles. The molecule has 0 saturated carbocycles. The molecular formula is C20H21N3O4S2. The molecule has 1 aliphatic heterocycles. The fourth-order valence-corrected chi connectivity index (χ4v) is 5.39. The van der Waals surface area contributed by atoms with Gasteiger partial charge in [-0.1, -0.05) is 12.1 Å². The lowest BCUT2D eigenvalue weighted by atomic mass is 9.98. The van der Waals surface area contributed by atoms with E-state index in [-0.39, 0.29) is 18.2 Å². The van der Waals surface area contributed by atoms with Crippen LogP contribution in [0.1, 0.15) is 12.8 Å². The standard InChI is InChI=1S/C20H21N3O4S2/c1-29(26,27)23-10-4-5-13(12-23)19(25)21-14-8-9-15(17(24)11-14)20-22-16-6-2-3-7-18(16)28-20/h2-3,6-9,11,13,24H,4-5,10,12H2,1H3,(H,21,25). The number of aromatic hydroxyl groups is 1. The number of anilines is 1. The smallest absolute Gasteiger partial charge is 0.228 e. The summed E-state index contributed by atoms with van der Waals surface area (Å²) in [5, 5.41) is 14.0. The molecule has 0 radical (unpaired) electrons. The second-order valence-electron chi connectivity index (χ2n) is 7.17. The number of thiazole rings is 1. The topological polar surface area (TPSA) is 99.6 Å². The van der Waals surface area contributed by atoms with E-state index in [1.54, 1.807) is 12.1 Å². The van der Waals surface area contributed by atoms with E-state index in [0.29, 0.717) is 35.6 Å². The Morgan fingerprint density at radius 2 is 2.07 bits per heavy atom. The number of carbonyl (C=O) groups excluding carboxylic acids is 1. The molecule has 1 fully saturated rings. The van der Waals surface area contributed by atoms with E-state index in [9.17, 15) is 18.3 Å². The average Bonchev–Trinajstić information content (AvgIpc) is 3.11. The molecule has 1 unspecified atom stereocenters. The minimum atomic E-state index is -3.31. The Bertz CT molecular complexity index is 1140. The van der Waals surface area contributed by atoms with E-state index in [0.717, 1.165) is 16.5 Å². The van der Waals surface area contributed by atoms with Gasteiger partial charge in [-0.05, 0) is 37.1 Å². The number of carbonyl (C=O) groups is 1. The van der Waals surface area contributed by atoms with Crippen molar-refractivity contribution in [3.05, 3.63) is 42.5 Å². The third-order valence-corrected chi connectivity index (χ3v) is 7.35. The highest BCUT2D eigenvalue weighted by atomic mass is 32.2. The Hall–Kier alpha value is -2.49. The minimum absolute atomic E-state index is 0.0308. The fraction of sp³-hybridized carbons (Fsp3) is 0.300. The van der Waals surface area contributed by atoms with Gasteiger partial charge in [0, 0.05) is 24.8 Å². The van der Waals surface area contributed by atoms with Gasteiger partial charge in [-0.3, -0.25) is 4.79 Å². The number of rotatable bonds is 4. The quantitative estimate of drug-likeness (QED) is 0.660. The number of fused-ring (bicyclic) bond motifs is 1. The molecule has 7 nitrogen and oxygen atoms in total. The van der Waals surface area contributed by atoms with Gasteiger partial charge in [-0.15, -0.1) is 11.3 Å². The highest BCUT2D eigenvalue weighted by molar-refractivity contribution is 7.88. The molecule has 29 heavy (non-hydrogen) atoms. The van der Waals surface area contributed by atoms with E-state index in [1.165, 1.54) is 21.7 Å². The molecule has 1 aromatic heterocycles. The number of hydrogen-bond donors (Lipinski definition) is 2. The number of phenolic OH excluding ortho intramolecular Hbond substituents is 1. The highest BCUT2D eigenvalue weighted by Gasteiger charge is 2.30. The minimum Gasteiger partial charge on any atom is -0.507 e. The maximum atomic E-state index is 12.6. The molecular weight excluding hydrogens is 410 g/mol. The molecule has 0 spiro atoms. The fourth-order valence-electron chi connectivity index (χ4n) is 3.48. The van der Waals surface area contributed by atoms with Gasteiger partial charge in [0.2, 0.25) is 15.9 Å². The maximum absolute atomic E-state index is 12.6. The normalized spacial score (nSPS) is 18.0. The Morgan fingerprint density at radius 1 is 1.28 bits per heavy atom. The monoisotopic (exact) mass is 431 g/mol. The summed E-state index contributed by atoms with van der Waals surface area (Å²) in [4.78, 5) is 17.1. The van der Waals surface area contributed by atoms with E-state index < -0.39 is 15.9 Å². The van der Waals surface area contributed by atoms with Crippen LogP contribution in [0.4, 0.5) is 5.69 Å². The molecule has 3 aromatic rings. The molecule has 4 rings (SSSR count). The van der Waals surface area contributed by atoms with Crippen LogP contribution in [-0.4, -0.2) is 48.1 Å². The van der Waals surface area contributed by atoms with Crippen LogP contribution in [-0.2, 0) is 14.8 Å². The van der Waals surface area contributed by atoms with Gasteiger partial charge >= 0.3 is 0 Å². The van der Waals surface area contributed by atoms with Crippen molar-refractivity contribution in [3.63, 3.8) is 0 Å². The van der Waals surface area contributed by atoms with Crippen molar-refractivity contribution in [2.24, 2.45) is 5.92 Å². The number of amides is 1. The Labute approximate surface area is 173 Å². The summed E-state index contributed by atoms with van der Waals surface area (Å²) < 4.78 is 25.9. The zero-order valence-corrected chi connectivity index (χ0v) is 17.5. The summed E-state index contributed by atoms with van der Waals surface area (Å²) >= 11 is 1.49. The van der Waals surface area contributed by atoms with Crippen molar-refractivity contribution >= 4 is 43.2 Å². The number of nitrogens with one attached hydrogen (secondary N) is 1. The summed E-state index contributed by atoms with van der Waals surface area (Å²) in [6.45, 7) is 0.626. The summed E-state index contributed by atoms with van der Waals surface area (Å²) in [7, 11) is -3.31. The van der Waals surface area contributed by atoms with Crippen LogP contribution in [0.3, 0.4) is 0 Å². The molecule has 0 bridgehead atoms. The van der Waals surface area contributed by atoms with Crippen LogP contribution in [0.5, 0.6) is 5.75 Å².